The maximum absolute atomic E-state index is 12.8. The molecule has 0 N–H and O–H groups in total. The van der Waals surface area contributed by atoms with Crippen LogP contribution in [0.25, 0.3) is 11.3 Å². The minimum Gasteiger partial charge on any atom is -0.304 e. The van der Waals surface area contributed by atoms with Gasteiger partial charge in [0.15, 0.2) is 0 Å². The van der Waals surface area contributed by atoms with Gasteiger partial charge in [0.2, 0.25) is 0 Å². The van der Waals surface area contributed by atoms with E-state index in [0.29, 0.717) is 11.3 Å². The zero-order chi connectivity index (χ0) is 16.4. The van der Waals surface area contributed by atoms with Crippen LogP contribution in [0.2, 0.25) is 0 Å². The molecule has 1 aromatic carbocycles. The zero-order valence-electron chi connectivity index (χ0n) is 11.9. The summed E-state index contributed by atoms with van der Waals surface area (Å²) in [6, 6.07) is 11.8. The lowest BCUT2D eigenvalue weighted by Gasteiger charge is -2.13. The third-order valence-electron chi connectivity index (χ3n) is 3.46. The van der Waals surface area contributed by atoms with Crippen LogP contribution in [0.4, 0.5) is 13.2 Å². The molecule has 118 valence electrons. The van der Waals surface area contributed by atoms with Crippen molar-refractivity contribution in [3.63, 3.8) is 0 Å². The molecule has 0 saturated carbocycles. The van der Waals surface area contributed by atoms with Crippen LogP contribution in [-0.2, 0) is 12.7 Å². The molecule has 23 heavy (non-hydrogen) atoms. The molecule has 0 aliphatic heterocycles. The molecule has 2 heterocycles. The average Bonchev–Trinajstić information content (AvgIpc) is 3.03. The molecule has 3 rings (SSSR count). The Labute approximate surface area is 134 Å². The average molecular weight is 335 g/mol. The number of pyridine rings is 1. The van der Waals surface area contributed by atoms with Crippen molar-refractivity contribution in [1.29, 1.82) is 0 Å². The van der Waals surface area contributed by atoms with E-state index in [0.717, 1.165) is 17.7 Å². The monoisotopic (exact) mass is 335 g/mol. The number of hydrogen-bond donors (Lipinski definition) is 0. The van der Waals surface area contributed by atoms with Crippen LogP contribution >= 0.6 is 11.3 Å². The van der Waals surface area contributed by atoms with Gasteiger partial charge >= 0.3 is 6.18 Å². The quantitative estimate of drug-likeness (QED) is 0.683. The minimum absolute atomic E-state index is 0.0920. The van der Waals surface area contributed by atoms with E-state index in [4.69, 9.17) is 0 Å². The molecule has 0 unspecified atom stereocenters. The minimum atomic E-state index is -4.39. The Bertz CT molecular complexity index is 866. The van der Waals surface area contributed by atoms with Crippen LogP contribution in [0.5, 0.6) is 0 Å². The SMILES string of the molecule is O=c1cccc(-c2ccsc2)n1Cc1cccc(C(F)(F)F)c1. The largest absolute Gasteiger partial charge is 0.416 e. The summed E-state index contributed by atoms with van der Waals surface area (Å²) < 4.78 is 39.9. The molecule has 0 aliphatic rings. The lowest BCUT2D eigenvalue weighted by molar-refractivity contribution is -0.137. The maximum atomic E-state index is 12.8. The molecule has 0 saturated heterocycles. The summed E-state index contributed by atoms with van der Waals surface area (Å²) in [7, 11) is 0. The highest BCUT2D eigenvalue weighted by molar-refractivity contribution is 7.08. The fraction of sp³-hybridized carbons (Fsp3) is 0.118. The number of alkyl halides is 3. The van der Waals surface area contributed by atoms with E-state index < -0.39 is 11.7 Å². The second-order valence-electron chi connectivity index (χ2n) is 5.05. The summed E-state index contributed by atoms with van der Waals surface area (Å²) in [5.74, 6) is 0. The maximum Gasteiger partial charge on any atom is 0.416 e. The molecule has 3 aromatic rings. The molecule has 0 atom stereocenters. The lowest BCUT2D eigenvalue weighted by atomic mass is 10.1. The molecule has 0 spiro atoms. The molecule has 2 nitrogen and oxygen atoms in total. The van der Waals surface area contributed by atoms with Crippen molar-refractivity contribution in [2.75, 3.05) is 0 Å². The Morgan fingerprint density at radius 2 is 1.83 bits per heavy atom. The number of thiophene rings is 1. The summed E-state index contributed by atoms with van der Waals surface area (Å²) in [5, 5.41) is 3.79. The molecule has 0 aliphatic carbocycles. The summed E-state index contributed by atoms with van der Waals surface area (Å²) in [6.45, 7) is 0.0920. The van der Waals surface area contributed by atoms with E-state index in [2.05, 4.69) is 0 Å². The van der Waals surface area contributed by atoms with Crippen molar-refractivity contribution in [1.82, 2.24) is 4.57 Å². The van der Waals surface area contributed by atoms with Gasteiger partial charge in [0.05, 0.1) is 17.8 Å². The predicted octanol–water partition coefficient (Wildman–Crippen LogP) is 4.64. The molecule has 2 aromatic heterocycles. The first-order valence-corrected chi connectivity index (χ1v) is 7.78. The number of nitrogens with zero attached hydrogens (tertiary/aromatic N) is 1. The second-order valence-corrected chi connectivity index (χ2v) is 5.83. The van der Waals surface area contributed by atoms with Crippen molar-refractivity contribution < 1.29 is 13.2 Å². The van der Waals surface area contributed by atoms with Gasteiger partial charge in [-0.2, -0.15) is 24.5 Å². The third-order valence-corrected chi connectivity index (χ3v) is 4.14. The van der Waals surface area contributed by atoms with Crippen molar-refractivity contribution in [3.8, 4) is 11.3 Å². The van der Waals surface area contributed by atoms with E-state index in [9.17, 15) is 18.0 Å². The molecule has 0 bridgehead atoms. The highest BCUT2D eigenvalue weighted by Gasteiger charge is 2.30. The van der Waals surface area contributed by atoms with Crippen molar-refractivity contribution in [2.45, 2.75) is 12.7 Å². The summed E-state index contributed by atoms with van der Waals surface area (Å²) in [6.07, 6.45) is -4.39. The van der Waals surface area contributed by atoms with Crippen LogP contribution in [0, 0.1) is 0 Å². The van der Waals surface area contributed by atoms with Crippen molar-refractivity contribution in [2.24, 2.45) is 0 Å². The molecular formula is C17H12F3NOS. The highest BCUT2D eigenvalue weighted by atomic mass is 32.1. The van der Waals surface area contributed by atoms with E-state index in [1.807, 2.05) is 16.8 Å². The normalized spacial score (nSPS) is 11.6. The summed E-state index contributed by atoms with van der Waals surface area (Å²) in [5.41, 5.74) is 1.04. The standard InChI is InChI=1S/C17H12F3NOS/c18-17(19,20)14-4-1-3-12(9-14)10-21-15(5-2-6-16(21)22)13-7-8-23-11-13/h1-9,11H,10H2. The Morgan fingerprint density at radius 1 is 1.04 bits per heavy atom. The Hall–Kier alpha value is -2.34. The highest BCUT2D eigenvalue weighted by Crippen LogP contribution is 2.30. The van der Waals surface area contributed by atoms with Crippen LogP contribution in [-0.4, -0.2) is 4.57 Å². The van der Waals surface area contributed by atoms with Gasteiger partial charge in [-0.25, -0.2) is 0 Å². The van der Waals surface area contributed by atoms with Crippen LogP contribution in [0.1, 0.15) is 11.1 Å². The topological polar surface area (TPSA) is 22.0 Å². The Morgan fingerprint density at radius 3 is 2.52 bits per heavy atom. The molecular weight excluding hydrogens is 323 g/mol. The van der Waals surface area contributed by atoms with Gasteiger partial charge in [-0.05, 0) is 35.2 Å². The molecule has 6 heteroatoms. The number of aromatic nitrogens is 1. The first-order valence-electron chi connectivity index (χ1n) is 6.84. The fourth-order valence-corrected chi connectivity index (χ4v) is 3.02. The number of benzene rings is 1. The number of rotatable bonds is 3. The molecule has 0 amide bonds. The molecule has 0 radical (unpaired) electrons. The fourth-order valence-electron chi connectivity index (χ4n) is 2.37. The van der Waals surface area contributed by atoms with Crippen molar-refractivity contribution in [3.05, 3.63) is 80.8 Å². The summed E-state index contributed by atoms with van der Waals surface area (Å²) >= 11 is 1.50. The number of hydrogen-bond acceptors (Lipinski definition) is 2. The van der Waals surface area contributed by atoms with Gasteiger partial charge in [0.1, 0.15) is 0 Å². The van der Waals surface area contributed by atoms with Gasteiger partial charge in [0, 0.05) is 17.0 Å². The van der Waals surface area contributed by atoms with Crippen LogP contribution in [0.3, 0.4) is 0 Å². The number of halogens is 3. The lowest BCUT2D eigenvalue weighted by Crippen LogP contribution is -2.21. The van der Waals surface area contributed by atoms with Crippen LogP contribution in [0.15, 0.2) is 64.1 Å². The van der Waals surface area contributed by atoms with Gasteiger partial charge in [0.25, 0.3) is 5.56 Å². The predicted molar refractivity (Wildman–Crippen MR) is 84.6 cm³/mol. The summed E-state index contributed by atoms with van der Waals surface area (Å²) in [4.78, 5) is 12.2. The smallest absolute Gasteiger partial charge is 0.304 e. The van der Waals surface area contributed by atoms with E-state index >= 15 is 0 Å². The zero-order valence-corrected chi connectivity index (χ0v) is 12.7. The second kappa shape index (κ2) is 6.04. The van der Waals surface area contributed by atoms with Gasteiger partial charge in [-0.3, -0.25) is 4.79 Å². The van der Waals surface area contributed by atoms with E-state index in [1.54, 1.807) is 18.2 Å². The van der Waals surface area contributed by atoms with Gasteiger partial charge < -0.3 is 4.57 Å². The first kappa shape index (κ1) is 15.6. The van der Waals surface area contributed by atoms with Gasteiger partial charge in [-0.1, -0.05) is 18.2 Å². The van der Waals surface area contributed by atoms with Crippen molar-refractivity contribution >= 4 is 11.3 Å². The Kier molecular flexibility index (Phi) is 4.09. The van der Waals surface area contributed by atoms with E-state index in [1.165, 1.54) is 28.0 Å². The van der Waals surface area contributed by atoms with E-state index in [-0.39, 0.29) is 12.1 Å². The van der Waals surface area contributed by atoms with Gasteiger partial charge in [-0.15, -0.1) is 0 Å². The first-order chi connectivity index (χ1) is 10.9. The Balaban J connectivity index is 2.03. The van der Waals surface area contributed by atoms with Crippen LogP contribution < -0.4 is 5.56 Å². The third kappa shape index (κ3) is 3.37. The molecule has 0 fully saturated rings.